The van der Waals surface area contributed by atoms with Crippen molar-refractivity contribution in [3.63, 3.8) is 0 Å². The Balaban J connectivity index is 1.27. The summed E-state index contributed by atoms with van der Waals surface area (Å²) < 4.78 is 172. The Morgan fingerprint density at radius 3 is 1.97 bits per heavy atom. The quantitative estimate of drug-likeness (QED) is 0.151. The molecule has 0 N–H and O–H groups in total. The van der Waals surface area contributed by atoms with Crippen molar-refractivity contribution in [1.29, 1.82) is 0 Å². The van der Waals surface area contributed by atoms with Crippen LogP contribution in [0.4, 0.5) is 17.1 Å². The van der Waals surface area contributed by atoms with Crippen molar-refractivity contribution in [2.24, 2.45) is 0 Å². The van der Waals surface area contributed by atoms with Crippen molar-refractivity contribution in [2.75, 3.05) is 4.90 Å². The van der Waals surface area contributed by atoms with Crippen LogP contribution in [0.25, 0.3) is 86.7 Å². The number of benzene rings is 9. The highest BCUT2D eigenvalue weighted by atomic mass is 32.1. The largest absolute Gasteiger partial charge is 0.310 e. The first-order valence-corrected chi connectivity index (χ1v) is 18.8. The Hall–Kier alpha value is -7.40. The lowest BCUT2D eigenvalue weighted by Crippen LogP contribution is -2.11. The zero-order chi connectivity index (χ0) is 55.0. The molecule has 0 saturated carbocycles. The first-order valence-electron chi connectivity index (χ1n) is 27.5. The van der Waals surface area contributed by atoms with E-state index in [2.05, 4.69) is 0 Å². The van der Waals surface area contributed by atoms with Crippen molar-refractivity contribution in [3.8, 4) is 44.8 Å². The molecule has 0 bridgehead atoms. The highest BCUT2D eigenvalue weighted by molar-refractivity contribution is 7.25. The van der Waals surface area contributed by atoms with E-state index in [1.54, 1.807) is 30.3 Å². The molecule has 11 aromatic rings. The Morgan fingerprint density at radius 2 is 1.14 bits per heavy atom. The summed E-state index contributed by atoms with van der Waals surface area (Å²) in [5.41, 5.74) is 0.420. The van der Waals surface area contributed by atoms with Gasteiger partial charge in [-0.05, 0) is 76.6 Å². The molecular weight excluding hydrogens is 723 g/mol. The van der Waals surface area contributed by atoms with E-state index in [9.17, 15) is 8.22 Å². The van der Waals surface area contributed by atoms with Crippen LogP contribution in [-0.4, -0.2) is 9.97 Å². The molecule has 272 valence electrons. The van der Waals surface area contributed by atoms with Crippen LogP contribution in [0.2, 0.25) is 0 Å². The minimum Gasteiger partial charge on any atom is -0.310 e. The average molecular weight is 777 g/mol. The summed E-state index contributed by atoms with van der Waals surface area (Å²) in [4.78, 5) is 11.6. The molecule has 0 spiro atoms. The maximum atomic E-state index is 10.0. The first-order chi connectivity index (χ1) is 36.7. The fourth-order valence-corrected chi connectivity index (χ4v) is 7.97. The molecule has 0 amide bonds. The number of hydrogen-bond donors (Lipinski definition) is 0. The molecule has 0 saturated heterocycles. The van der Waals surface area contributed by atoms with Crippen LogP contribution in [-0.2, 0) is 0 Å². The van der Waals surface area contributed by atoms with Gasteiger partial charge in [0, 0.05) is 53.6 Å². The Kier molecular flexibility index (Phi) is 4.83. The maximum Gasteiger partial charge on any atom is 0.0973 e. The lowest BCUT2D eigenvalue weighted by molar-refractivity contribution is 1.29. The Morgan fingerprint density at radius 1 is 0.448 bits per heavy atom. The van der Waals surface area contributed by atoms with Crippen LogP contribution < -0.4 is 4.90 Å². The molecule has 0 unspecified atom stereocenters. The zero-order valence-corrected chi connectivity index (χ0v) is 30.8. The van der Waals surface area contributed by atoms with E-state index in [4.69, 9.17) is 27.8 Å². The van der Waals surface area contributed by atoms with Gasteiger partial charge in [-0.3, -0.25) is 0 Å². The third kappa shape index (κ3) is 5.99. The van der Waals surface area contributed by atoms with Gasteiger partial charge in [-0.1, -0.05) is 157 Å². The lowest BCUT2D eigenvalue weighted by atomic mass is 9.97. The van der Waals surface area contributed by atoms with E-state index in [0.717, 1.165) is 22.5 Å². The van der Waals surface area contributed by atoms with E-state index in [0.29, 0.717) is 33.2 Å². The van der Waals surface area contributed by atoms with Crippen molar-refractivity contribution in [3.05, 3.63) is 212 Å². The normalized spacial score (nSPS) is 16.0. The summed E-state index contributed by atoms with van der Waals surface area (Å²) >= 11 is 0.873. The van der Waals surface area contributed by atoms with Gasteiger partial charge in [-0.25, -0.2) is 9.97 Å². The Bertz CT molecular complexity index is 4370. The number of anilines is 3. The SMILES string of the molecule is [2H]c1c([2H])c([2H])c(-c2c([2H])c([2H])c([2H])c(-c3c([2H])c([2H])c([2H])c([2H])c3N(c3ccc4c(ccc5nc(-c6ccccc6)c(-c6ccccc6)nc54)c3)c3cc([2H])c4sc5c([2H])c([2H])c([2H])c([2H])c5c4c3[2H])c2[2H])c([2H])c1[2H]. The lowest BCUT2D eigenvalue weighted by Gasteiger charge is -2.28. The second-order valence-corrected chi connectivity index (χ2v) is 14.1. The molecule has 2 aromatic heterocycles. The molecule has 0 radical (unpaired) electrons. The number of fused-ring (bicyclic) bond motifs is 6. The molecule has 2 heterocycles. The molecule has 4 heteroatoms. The van der Waals surface area contributed by atoms with Gasteiger partial charge in [0.2, 0.25) is 0 Å². The highest BCUT2D eigenvalue weighted by Gasteiger charge is 2.21. The third-order valence-corrected chi connectivity index (χ3v) is 10.7. The molecular formula is C54H35N3S. The fourth-order valence-electron chi connectivity index (χ4n) is 7.04. The number of hydrogen-bond acceptors (Lipinski definition) is 4. The van der Waals surface area contributed by atoms with Gasteiger partial charge < -0.3 is 4.90 Å². The predicted octanol–water partition coefficient (Wildman–Crippen LogP) is 15.3. The molecule has 0 aliphatic carbocycles. The van der Waals surface area contributed by atoms with Gasteiger partial charge >= 0.3 is 0 Å². The molecule has 0 fully saturated rings. The van der Waals surface area contributed by atoms with E-state index >= 15 is 0 Å². The number of rotatable bonds is 7. The summed E-state index contributed by atoms with van der Waals surface area (Å²) in [5, 5.41) is 0.918. The maximum absolute atomic E-state index is 10.0. The second-order valence-electron chi connectivity index (χ2n) is 13.1. The van der Waals surface area contributed by atoms with Crippen molar-refractivity contribution < 1.29 is 26.0 Å². The number of nitrogens with zero attached hydrogens (tertiary/aromatic N) is 3. The van der Waals surface area contributed by atoms with E-state index in [1.165, 1.54) is 11.0 Å². The van der Waals surface area contributed by atoms with Gasteiger partial charge in [0.1, 0.15) is 0 Å². The smallest absolute Gasteiger partial charge is 0.0973 e. The van der Waals surface area contributed by atoms with Crippen molar-refractivity contribution in [2.45, 2.75) is 0 Å². The molecule has 3 nitrogen and oxygen atoms in total. The summed E-state index contributed by atoms with van der Waals surface area (Å²) in [7, 11) is 0. The van der Waals surface area contributed by atoms with E-state index in [1.807, 2.05) is 60.7 Å². The molecule has 9 aromatic carbocycles. The average Bonchev–Trinajstić information content (AvgIpc) is 3.94. The molecule has 0 aliphatic rings. The summed E-state index contributed by atoms with van der Waals surface area (Å²) in [5.74, 6) is 0. The molecule has 11 rings (SSSR count). The highest BCUT2D eigenvalue weighted by Crippen LogP contribution is 2.45. The molecule has 0 aliphatic heterocycles. The van der Waals surface area contributed by atoms with Gasteiger partial charge in [-0.15, -0.1) is 11.3 Å². The van der Waals surface area contributed by atoms with Crippen LogP contribution in [0.3, 0.4) is 0 Å². The summed E-state index contributed by atoms with van der Waals surface area (Å²) in [6, 6.07) is 14.9. The van der Waals surface area contributed by atoms with E-state index < -0.39 is 137 Å². The zero-order valence-electron chi connectivity index (χ0n) is 49.0. The van der Waals surface area contributed by atoms with Gasteiger partial charge in [0.05, 0.1) is 54.2 Å². The van der Waals surface area contributed by atoms with Crippen molar-refractivity contribution >= 4 is 70.4 Å². The van der Waals surface area contributed by atoms with Crippen molar-refractivity contribution in [1.82, 2.24) is 9.97 Å². The Labute approximate surface area is 367 Å². The van der Waals surface area contributed by atoms with Crippen LogP contribution >= 0.6 is 11.3 Å². The minimum absolute atomic E-state index is 0.0549. The predicted molar refractivity (Wildman–Crippen MR) is 246 cm³/mol. The molecule has 58 heavy (non-hydrogen) atoms. The third-order valence-electron chi connectivity index (χ3n) is 9.67. The van der Waals surface area contributed by atoms with E-state index in [-0.39, 0.29) is 37.6 Å². The van der Waals surface area contributed by atoms with Gasteiger partial charge in [0.15, 0.2) is 0 Å². The number of aromatic nitrogens is 2. The summed E-state index contributed by atoms with van der Waals surface area (Å²) in [6.45, 7) is 0. The second kappa shape index (κ2) is 14.3. The van der Waals surface area contributed by atoms with Crippen LogP contribution in [0.15, 0.2) is 212 Å². The van der Waals surface area contributed by atoms with Crippen LogP contribution in [0.1, 0.15) is 26.0 Å². The standard InChI is InChI=1S/C54H35N3S/c1-4-15-36(16-5-1)39-21-14-22-40(33-39)44-23-10-12-25-49(44)57(43-29-32-51-47(35-43)46-24-11-13-26-50(46)58-51)42-28-30-45-41(34-42)27-31-48-54(45)56-53(38-19-8-3-9-20-38)52(55-48)37-17-6-2-7-18-37/h1-35H/i1D,4D,5D,10D,11D,12D,13D,14D,15D,16D,21D,22D,23D,24D,25D,26D,32D,33D,35D. The van der Waals surface area contributed by atoms with Crippen LogP contribution in [0.5, 0.6) is 0 Å². The number of thiophene rings is 1. The molecule has 0 atom stereocenters. The summed E-state index contributed by atoms with van der Waals surface area (Å²) in [6.07, 6.45) is 0. The number of para-hydroxylation sites is 1. The van der Waals surface area contributed by atoms with Gasteiger partial charge in [0.25, 0.3) is 0 Å². The van der Waals surface area contributed by atoms with Gasteiger partial charge in [-0.2, -0.15) is 0 Å². The minimum atomic E-state index is -0.915. The topological polar surface area (TPSA) is 29.0 Å². The van der Waals surface area contributed by atoms with Crippen LogP contribution in [0, 0.1) is 0 Å². The first kappa shape index (κ1) is 19.6. The monoisotopic (exact) mass is 776 g/mol. The fraction of sp³-hybridized carbons (Fsp3) is 0.